The molecular weight excluding hydrogens is 260 g/mol. The lowest BCUT2D eigenvalue weighted by Crippen LogP contribution is -2.46. The number of hydrogen-bond acceptors (Lipinski definition) is 4. The number of sulfone groups is 1. The van der Waals surface area contributed by atoms with E-state index in [0.29, 0.717) is 5.75 Å². The maximum Gasteiger partial charge on any atom is 0.152 e. The van der Waals surface area contributed by atoms with Crippen molar-refractivity contribution in [1.29, 1.82) is 0 Å². The summed E-state index contributed by atoms with van der Waals surface area (Å²) in [4.78, 5) is 2.25. The van der Waals surface area contributed by atoms with Gasteiger partial charge in [-0.25, -0.2) is 8.42 Å². The molecule has 2 rings (SSSR count). The summed E-state index contributed by atoms with van der Waals surface area (Å²) in [6, 6.07) is 7.78. The van der Waals surface area contributed by atoms with Gasteiger partial charge in [0, 0.05) is 17.8 Å². The van der Waals surface area contributed by atoms with Crippen molar-refractivity contribution in [3.63, 3.8) is 0 Å². The molecule has 1 aromatic rings. The maximum atomic E-state index is 11.7. The third-order valence-electron chi connectivity index (χ3n) is 3.98. The number of anilines is 1. The standard InChI is InChI=1S/C14H22N2O2S/c1-3-16(10-12-4-6-13(15)7-5-12)14(2)8-9-19(17,18)11-14/h4-7H,3,8-11,15H2,1-2H3/t14-/m0/s1. The van der Waals surface area contributed by atoms with Crippen molar-refractivity contribution in [1.82, 2.24) is 4.90 Å². The lowest BCUT2D eigenvalue weighted by Gasteiger charge is -2.37. The Morgan fingerprint density at radius 2 is 1.95 bits per heavy atom. The number of rotatable bonds is 4. The van der Waals surface area contributed by atoms with Crippen LogP contribution in [0.2, 0.25) is 0 Å². The number of hydrogen-bond donors (Lipinski definition) is 1. The molecule has 1 atom stereocenters. The molecule has 0 amide bonds. The molecule has 1 fully saturated rings. The molecule has 1 aliphatic heterocycles. The minimum Gasteiger partial charge on any atom is -0.399 e. The molecule has 1 saturated heterocycles. The highest BCUT2D eigenvalue weighted by Gasteiger charge is 2.42. The second-order valence-corrected chi connectivity index (χ2v) is 7.78. The topological polar surface area (TPSA) is 63.4 Å². The van der Waals surface area contributed by atoms with E-state index in [1.54, 1.807) is 0 Å². The Kier molecular flexibility index (Phi) is 3.87. The zero-order chi connectivity index (χ0) is 14.1. The molecule has 1 aromatic carbocycles. The van der Waals surface area contributed by atoms with Gasteiger partial charge < -0.3 is 5.73 Å². The first-order chi connectivity index (χ1) is 8.85. The van der Waals surface area contributed by atoms with Crippen molar-refractivity contribution in [2.24, 2.45) is 0 Å². The van der Waals surface area contributed by atoms with Gasteiger partial charge in [-0.2, -0.15) is 0 Å². The SMILES string of the molecule is CCN(Cc1ccc(N)cc1)[C@@]1(C)CCS(=O)(=O)C1. The number of nitrogen functional groups attached to an aromatic ring is 1. The zero-order valence-electron chi connectivity index (χ0n) is 11.6. The van der Waals surface area contributed by atoms with Gasteiger partial charge in [0.2, 0.25) is 0 Å². The Morgan fingerprint density at radius 3 is 2.42 bits per heavy atom. The molecule has 2 N–H and O–H groups in total. The van der Waals surface area contributed by atoms with Gasteiger partial charge in [-0.05, 0) is 37.6 Å². The second-order valence-electron chi connectivity index (χ2n) is 5.59. The Morgan fingerprint density at radius 1 is 1.32 bits per heavy atom. The smallest absolute Gasteiger partial charge is 0.152 e. The first-order valence-corrected chi connectivity index (χ1v) is 8.47. The number of nitrogens with two attached hydrogens (primary N) is 1. The first-order valence-electron chi connectivity index (χ1n) is 6.64. The maximum absolute atomic E-state index is 11.7. The van der Waals surface area contributed by atoms with Crippen LogP contribution in [-0.2, 0) is 16.4 Å². The van der Waals surface area contributed by atoms with Crippen molar-refractivity contribution in [3.8, 4) is 0 Å². The summed E-state index contributed by atoms with van der Waals surface area (Å²) in [6.45, 7) is 5.74. The van der Waals surface area contributed by atoms with Crippen LogP contribution in [0.25, 0.3) is 0 Å². The van der Waals surface area contributed by atoms with Crippen LogP contribution in [0.15, 0.2) is 24.3 Å². The second kappa shape index (κ2) is 5.13. The van der Waals surface area contributed by atoms with E-state index in [-0.39, 0.29) is 11.3 Å². The van der Waals surface area contributed by atoms with Crippen molar-refractivity contribution in [2.75, 3.05) is 23.8 Å². The molecule has 0 radical (unpaired) electrons. The average Bonchev–Trinajstić information content (AvgIpc) is 2.63. The summed E-state index contributed by atoms with van der Waals surface area (Å²) in [6.07, 6.45) is 0.720. The monoisotopic (exact) mass is 282 g/mol. The molecule has 0 bridgehead atoms. The van der Waals surface area contributed by atoms with Crippen LogP contribution in [0, 0.1) is 0 Å². The number of nitrogens with zero attached hydrogens (tertiary/aromatic N) is 1. The summed E-state index contributed by atoms with van der Waals surface area (Å²) in [7, 11) is -2.87. The van der Waals surface area contributed by atoms with Crippen LogP contribution in [0.1, 0.15) is 25.8 Å². The van der Waals surface area contributed by atoms with Crippen molar-refractivity contribution in [2.45, 2.75) is 32.4 Å². The third-order valence-corrected chi connectivity index (χ3v) is 5.87. The van der Waals surface area contributed by atoms with Gasteiger partial charge in [0.1, 0.15) is 0 Å². The van der Waals surface area contributed by atoms with Gasteiger partial charge in [0.25, 0.3) is 0 Å². The molecule has 0 saturated carbocycles. The molecule has 0 aliphatic carbocycles. The normalized spacial score (nSPS) is 25.8. The van der Waals surface area contributed by atoms with Crippen LogP contribution in [-0.4, -0.2) is 36.9 Å². The van der Waals surface area contributed by atoms with Crippen LogP contribution in [0.5, 0.6) is 0 Å². The van der Waals surface area contributed by atoms with Gasteiger partial charge in [0.05, 0.1) is 11.5 Å². The zero-order valence-corrected chi connectivity index (χ0v) is 12.4. The van der Waals surface area contributed by atoms with Gasteiger partial charge in [-0.1, -0.05) is 19.1 Å². The molecule has 4 nitrogen and oxygen atoms in total. The predicted octanol–water partition coefficient (Wildman–Crippen LogP) is 1.67. The quantitative estimate of drug-likeness (QED) is 0.853. The van der Waals surface area contributed by atoms with Gasteiger partial charge in [-0.15, -0.1) is 0 Å². The largest absolute Gasteiger partial charge is 0.399 e. The third kappa shape index (κ3) is 3.28. The predicted molar refractivity (Wildman–Crippen MR) is 78.6 cm³/mol. The lowest BCUT2D eigenvalue weighted by molar-refractivity contribution is 0.125. The van der Waals surface area contributed by atoms with Crippen molar-refractivity contribution >= 4 is 15.5 Å². The first kappa shape index (κ1) is 14.3. The average molecular weight is 282 g/mol. The highest BCUT2D eigenvalue weighted by atomic mass is 32.2. The van der Waals surface area contributed by atoms with Crippen LogP contribution in [0.4, 0.5) is 5.69 Å². The summed E-state index contributed by atoms with van der Waals surface area (Å²) in [5.41, 5.74) is 7.36. The fourth-order valence-corrected chi connectivity index (χ4v) is 4.94. The number of benzene rings is 1. The van der Waals surface area contributed by atoms with Gasteiger partial charge in [0.15, 0.2) is 9.84 Å². The summed E-state index contributed by atoms with van der Waals surface area (Å²) in [5, 5.41) is 0. The molecule has 5 heteroatoms. The van der Waals surface area contributed by atoms with E-state index in [2.05, 4.69) is 18.7 Å². The highest BCUT2D eigenvalue weighted by Crippen LogP contribution is 2.30. The highest BCUT2D eigenvalue weighted by molar-refractivity contribution is 7.91. The van der Waals surface area contributed by atoms with Crippen molar-refractivity contribution < 1.29 is 8.42 Å². The van der Waals surface area contributed by atoms with E-state index in [0.717, 1.165) is 25.2 Å². The minimum absolute atomic E-state index is 0.241. The van der Waals surface area contributed by atoms with E-state index in [1.165, 1.54) is 5.56 Å². The molecule has 0 aromatic heterocycles. The Bertz CT molecular complexity index is 539. The van der Waals surface area contributed by atoms with Crippen LogP contribution < -0.4 is 5.73 Å². The molecule has 106 valence electrons. The summed E-state index contributed by atoms with van der Waals surface area (Å²) in [5.74, 6) is 0.574. The Labute approximate surface area is 115 Å². The van der Waals surface area contributed by atoms with E-state index in [4.69, 9.17) is 5.73 Å². The van der Waals surface area contributed by atoms with E-state index >= 15 is 0 Å². The van der Waals surface area contributed by atoms with Crippen LogP contribution >= 0.6 is 0 Å². The molecule has 0 unspecified atom stereocenters. The molecule has 0 spiro atoms. The van der Waals surface area contributed by atoms with Gasteiger partial charge >= 0.3 is 0 Å². The molecular formula is C14H22N2O2S. The summed E-state index contributed by atoms with van der Waals surface area (Å²) >= 11 is 0. The fourth-order valence-electron chi connectivity index (χ4n) is 2.77. The van der Waals surface area contributed by atoms with Crippen molar-refractivity contribution in [3.05, 3.63) is 29.8 Å². The molecule has 19 heavy (non-hydrogen) atoms. The Balaban J connectivity index is 2.14. The minimum atomic E-state index is -2.87. The van der Waals surface area contributed by atoms with E-state index in [9.17, 15) is 8.42 Å². The molecule has 1 aliphatic rings. The lowest BCUT2D eigenvalue weighted by atomic mass is 9.98. The summed E-state index contributed by atoms with van der Waals surface area (Å²) < 4.78 is 23.4. The fraction of sp³-hybridized carbons (Fsp3) is 0.571. The van der Waals surface area contributed by atoms with E-state index in [1.807, 2.05) is 24.3 Å². The van der Waals surface area contributed by atoms with Gasteiger partial charge in [-0.3, -0.25) is 4.90 Å². The Hall–Kier alpha value is -1.07. The van der Waals surface area contributed by atoms with Crippen LogP contribution in [0.3, 0.4) is 0 Å². The molecule has 1 heterocycles. The van der Waals surface area contributed by atoms with E-state index < -0.39 is 9.84 Å².